The van der Waals surface area contributed by atoms with Crippen LogP contribution in [0.25, 0.3) is 0 Å². The number of hydrogen-bond donors (Lipinski definition) is 1. The van der Waals surface area contributed by atoms with Crippen LogP contribution in [-0.4, -0.2) is 39.5 Å². The number of nitrogens with two attached hydrogens (primary N) is 1. The molecule has 2 unspecified atom stereocenters. The summed E-state index contributed by atoms with van der Waals surface area (Å²) in [5, 5.41) is 0. The molecular formula is C14H25ClN4O. The van der Waals surface area contributed by atoms with E-state index in [0.29, 0.717) is 12.3 Å². The van der Waals surface area contributed by atoms with Crippen molar-refractivity contribution in [3.05, 3.63) is 18.2 Å². The summed E-state index contributed by atoms with van der Waals surface area (Å²) in [5.74, 6) is 1.82. The third-order valence-corrected chi connectivity index (χ3v) is 3.76. The molecule has 0 saturated carbocycles. The minimum Gasteiger partial charge on any atom is -0.342 e. The van der Waals surface area contributed by atoms with Crippen LogP contribution in [0.5, 0.6) is 0 Å². The molecule has 2 N–H and O–H groups in total. The number of aryl methyl sites for hydroxylation is 1. The van der Waals surface area contributed by atoms with Gasteiger partial charge in [0.05, 0.1) is 0 Å². The first kappa shape index (κ1) is 17.0. The van der Waals surface area contributed by atoms with Gasteiger partial charge in [0.25, 0.3) is 0 Å². The molecule has 1 amide bonds. The monoisotopic (exact) mass is 300 g/mol. The lowest BCUT2D eigenvalue weighted by Crippen LogP contribution is -2.42. The molecule has 0 spiro atoms. The first-order valence-electron chi connectivity index (χ1n) is 7.06. The van der Waals surface area contributed by atoms with E-state index in [1.807, 2.05) is 31.3 Å². The second kappa shape index (κ2) is 7.64. The van der Waals surface area contributed by atoms with E-state index in [9.17, 15) is 4.79 Å². The molecule has 1 aliphatic rings. The second-order valence-corrected chi connectivity index (χ2v) is 5.69. The number of hydrogen-bond acceptors (Lipinski definition) is 3. The molecule has 0 aromatic carbocycles. The van der Waals surface area contributed by atoms with E-state index in [1.54, 1.807) is 0 Å². The zero-order valence-corrected chi connectivity index (χ0v) is 13.1. The number of carbonyl (C=O) groups excluding carboxylic acids is 1. The molecule has 1 aromatic rings. The molecule has 2 atom stereocenters. The van der Waals surface area contributed by atoms with Crippen LogP contribution in [0.1, 0.15) is 32.0 Å². The Labute approximate surface area is 126 Å². The van der Waals surface area contributed by atoms with Crippen LogP contribution in [0.3, 0.4) is 0 Å². The van der Waals surface area contributed by atoms with E-state index in [1.165, 1.54) is 6.42 Å². The summed E-state index contributed by atoms with van der Waals surface area (Å²) < 4.78 is 2.06. The normalized spacial score (nSPS) is 20.4. The SMILES string of the molecule is CC(N)CC(=O)N1CCCC(Cc2nccn2C)C1.Cl. The van der Waals surface area contributed by atoms with Gasteiger partial charge in [-0.1, -0.05) is 0 Å². The van der Waals surface area contributed by atoms with Crippen molar-refractivity contribution in [2.45, 2.75) is 38.6 Å². The molecule has 0 radical (unpaired) electrons. The summed E-state index contributed by atoms with van der Waals surface area (Å²) in [4.78, 5) is 18.4. The summed E-state index contributed by atoms with van der Waals surface area (Å²) in [6, 6.07) is -0.0533. The summed E-state index contributed by atoms with van der Waals surface area (Å²) in [5.41, 5.74) is 5.70. The van der Waals surface area contributed by atoms with Crippen molar-refractivity contribution in [3.8, 4) is 0 Å². The van der Waals surface area contributed by atoms with Gasteiger partial charge in [0.2, 0.25) is 5.91 Å². The van der Waals surface area contributed by atoms with E-state index in [4.69, 9.17) is 5.73 Å². The highest BCUT2D eigenvalue weighted by Crippen LogP contribution is 2.20. The zero-order chi connectivity index (χ0) is 13.8. The minimum atomic E-state index is -0.0533. The van der Waals surface area contributed by atoms with Gasteiger partial charge in [-0.15, -0.1) is 12.4 Å². The first-order valence-corrected chi connectivity index (χ1v) is 7.06. The number of nitrogens with zero attached hydrogens (tertiary/aromatic N) is 3. The fourth-order valence-electron chi connectivity index (χ4n) is 2.71. The van der Waals surface area contributed by atoms with Crippen LogP contribution >= 0.6 is 12.4 Å². The molecular weight excluding hydrogens is 276 g/mol. The van der Waals surface area contributed by atoms with Crippen molar-refractivity contribution in [3.63, 3.8) is 0 Å². The lowest BCUT2D eigenvalue weighted by Gasteiger charge is -2.33. The Hall–Kier alpha value is -1.07. The maximum Gasteiger partial charge on any atom is 0.224 e. The molecule has 5 nitrogen and oxygen atoms in total. The van der Waals surface area contributed by atoms with Gasteiger partial charge < -0.3 is 15.2 Å². The standard InChI is InChI=1S/C14H24N4O.ClH/c1-11(15)8-14(19)18-6-3-4-12(10-18)9-13-16-5-7-17(13)2;/h5,7,11-12H,3-4,6,8-10,15H2,1-2H3;1H. The maximum atomic E-state index is 12.0. The zero-order valence-electron chi connectivity index (χ0n) is 12.3. The van der Waals surface area contributed by atoms with Crippen LogP contribution < -0.4 is 5.73 Å². The molecule has 1 fully saturated rings. The average Bonchev–Trinajstić information content (AvgIpc) is 2.75. The molecule has 1 aromatic heterocycles. The van der Waals surface area contributed by atoms with Gasteiger partial charge in [0.15, 0.2) is 0 Å². The summed E-state index contributed by atoms with van der Waals surface area (Å²) in [6.07, 6.45) is 7.46. The van der Waals surface area contributed by atoms with Gasteiger partial charge in [0.1, 0.15) is 5.82 Å². The predicted octanol–water partition coefficient (Wildman–Crippen LogP) is 1.36. The van der Waals surface area contributed by atoms with Gasteiger partial charge in [-0.3, -0.25) is 4.79 Å². The Balaban J connectivity index is 0.00000200. The molecule has 1 saturated heterocycles. The van der Waals surface area contributed by atoms with Crippen molar-refractivity contribution in [1.29, 1.82) is 0 Å². The van der Waals surface area contributed by atoms with E-state index in [2.05, 4.69) is 9.55 Å². The van der Waals surface area contributed by atoms with Crippen LogP contribution in [0.4, 0.5) is 0 Å². The quantitative estimate of drug-likeness (QED) is 0.913. The third kappa shape index (κ3) is 4.49. The molecule has 0 aliphatic carbocycles. The number of halogens is 1. The summed E-state index contributed by atoms with van der Waals surface area (Å²) in [6.45, 7) is 3.61. The third-order valence-electron chi connectivity index (χ3n) is 3.76. The molecule has 1 aliphatic heterocycles. The van der Waals surface area contributed by atoms with Crippen LogP contribution in [0.2, 0.25) is 0 Å². The predicted molar refractivity (Wildman–Crippen MR) is 81.7 cm³/mol. The Morgan fingerprint density at radius 2 is 2.35 bits per heavy atom. The number of carbonyl (C=O) groups is 1. The molecule has 2 heterocycles. The van der Waals surface area contributed by atoms with Gasteiger partial charge in [-0.2, -0.15) is 0 Å². The number of piperidine rings is 1. The van der Waals surface area contributed by atoms with Crippen LogP contribution in [0, 0.1) is 5.92 Å². The first-order chi connectivity index (χ1) is 9.06. The Morgan fingerprint density at radius 3 is 2.95 bits per heavy atom. The largest absolute Gasteiger partial charge is 0.342 e. The van der Waals surface area contributed by atoms with E-state index in [-0.39, 0.29) is 24.4 Å². The van der Waals surface area contributed by atoms with E-state index >= 15 is 0 Å². The number of likely N-dealkylation sites (tertiary alicyclic amines) is 1. The number of rotatable bonds is 4. The lowest BCUT2D eigenvalue weighted by atomic mass is 9.94. The topological polar surface area (TPSA) is 64.2 Å². The van der Waals surface area contributed by atoms with Crippen LogP contribution in [-0.2, 0) is 18.3 Å². The molecule has 114 valence electrons. The second-order valence-electron chi connectivity index (χ2n) is 5.69. The molecule has 2 rings (SSSR count). The minimum absolute atomic E-state index is 0. The van der Waals surface area contributed by atoms with Gasteiger partial charge in [0, 0.05) is 51.4 Å². The molecule has 6 heteroatoms. The number of amides is 1. The van der Waals surface area contributed by atoms with E-state index < -0.39 is 0 Å². The fraction of sp³-hybridized carbons (Fsp3) is 0.714. The lowest BCUT2D eigenvalue weighted by molar-refractivity contribution is -0.133. The highest BCUT2D eigenvalue weighted by molar-refractivity contribution is 5.85. The van der Waals surface area contributed by atoms with Crippen molar-refractivity contribution < 1.29 is 4.79 Å². The highest BCUT2D eigenvalue weighted by atomic mass is 35.5. The Morgan fingerprint density at radius 1 is 1.60 bits per heavy atom. The Kier molecular flexibility index (Phi) is 6.49. The average molecular weight is 301 g/mol. The van der Waals surface area contributed by atoms with Gasteiger partial charge >= 0.3 is 0 Å². The van der Waals surface area contributed by atoms with Crippen molar-refractivity contribution in [2.24, 2.45) is 18.7 Å². The molecule has 0 bridgehead atoms. The highest BCUT2D eigenvalue weighted by Gasteiger charge is 2.24. The fourth-order valence-corrected chi connectivity index (χ4v) is 2.71. The van der Waals surface area contributed by atoms with Crippen molar-refractivity contribution in [2.75, 3.05) is 13.1 Å². The van der Waals surface area contributed by atoms with Gasteiger partial charge in [-0.05, 0) is 25.7 Å². The van der Waals surface area contributed by atoms with Gasteiger partial charge in [-0.25, -0.2) is 4.98 Å². The van der Waals surface area contributed by atoms with Crippen molar-refractivity contribution in [1.82, 2.24) is 14.5 Å². The number of imidazole rings is 1. The summed E-state index contributed by atoms with van der Waals surface area (Å²) >= 11 is 0. The van der Waals surface area contributed by atoms with Crippen molar-refractivity contribution >= 4 is 18.3 Å². The van der Waals surface area contributed by atoms with Crippen LogP contribution in [0.15, 0.2) is 12.4 Å². The smallest absolute Gasteiger partial charge is 0.224 e. The maximum absolute atomic E-state index is 12.0. The Bertz CT molecular complexity index is 433. The summed E-state index contributed by atoms with van der Waals surface area (Å²) in [7, 11) is 2.02. The number of aromatic nitrogens is 2. The molecule has 20 heavy (non-hydrogen) atoms. The van der Waals surface area contributed by atoms with E-state index in [0.717, 1.165) is 31.8 Å².